The molecule has 2 heterocycles. The zero-order chi connectivity index (χ0) is 20.5. The van der Waals surface area contributed by atoms with Gasteiger partial charge in [-0.05, 0) is 49.9 Å². The van der Waals surface area contributed by atoms with Crippen molar-refractivity contribution in [2.75, 3.05) is 10.7 Å². The van der Waals surface area contributed by atoms with Gasteiger partial charge in [0.15, 0.2) is 0 Å². The molecule has 4 heteroatoms. The third kappa shape index (κ3) is 3.38. The standard InChI is InChI=1S/C26H26Br2N2/c27-13-5-7-15-29-23-11-3-1-9-19(23)21-17-22-20-10-2-4-12-24(20)30(16-8-6-14-28)26(22)18-25(21)29/h1-4,9-12,17-18H,5-8,13-16H2. The number of benzene rings is 3. The van der Waals surface area contributed by atoms with Gasteiger partial charge in [0.25, 0.3) is 0 Å². The zero-order valence-corrected chi connectivity index (χ0v) is 20.3. The number of fused-ring (bicyclic) bond motifs is 6. The van der Waals surface area contributed by atoms with Crippen LogP contribution in [-0.2, 0) is 13.1 Å². The van der Waals surface area contributed by atoms with E-state index >= 15 is 0 Å². The Bertz CT molecular complexity index is 1230. The van der Waals surface area contributed by atoms with Gasteiger partial charge in [-0.25, -0.2) is 0 Å². The van der Waals surface area contributed by atoms with Crippen molar-refractivity contribution in [3.05, 3.63) is 60.7 Å². The lowest BCUT2D eigenvalue weighted by molar-refractivity contribution is 0.666. The average molecular weight is 526 g/mol. The van der Waals surface area contributed by atoms with Crippen LogP contribution in [0.3, 0.4) is 0 Å². The number of aromatic nitrogens is 2. The smallest absolute Gasteiger partial charge is 0.0512 e. The van der Waals surface area contributed by atoms with Crippen molar-refractivity contribution in [2.24, 2.45) is 0 Å². The summed E-state index contributed by atoms with van der Waals surface area (Å²) in [5.74, 6) is 0. The third-order valence-electron chi connectivity index (χ3n) is 6.20. The first-order chi connectivity index (χ1) is 14.8. The van der Waals surface area contributed by atoms with Crippen molar-refractivity contribution < 1.29 is 0 Å². The fourth-order valence-corrected chi connectivity index (χ4v) is 5.59. The lowest BCUT2D eigenvalue weighted by atomic mass is 10.1. The highest BCUT2D eigenvalue weighted by atomic mass is 79.9. The van der Waals surface area contributed by atoms with Crippen LogP contribution in [0.1, 0.15) is 25.7 Å². The molecule has 0 radical (unpaired) electrons. The van der Waals surface area contributed by atoms with Crippen molar-refractivity contribution in [2.45, 2.75) is 38.8 Å². The van der Waals surface area contributed by atoms with E-state index in [1.807, 2.05) is 0 Å². The molecule has 0 aliphatic heterocycles. The molecule has 5 rings (SSSR count). The summed E-state index contributed by atoms with van der Waals surface area (Å²) >= 11 is 7.18. The van der Waals surface area contributed by atoms with Crippen LogP contribution in [-0.4, -0.2) is 19.8 Å². The molecular weight excluding hydrogens is 500 g/mol. The Morgan fingerprint density at radius 2 is 0.967 bits per heavy atom. The number of halogens is 2. The molecule has 0 amide bonds. The molecule has 5 aromatic rings. The van der Waals surface area contributed by atoms with E-state index in [1.165, 1.54) is 69.3 Å². The fraction of sp³-hybridized carbons (Fsp3) is 0.308. The second-order valence-electron chi connectivity index (χ2n) is 8.02. The summed E-state index contributed by atoms with van der Waals surface area (Å²) < 4.78 is 5.07. The molecule has 2 nitrogen and oxygen atoms in total. The number of aryl methyl sites for hydroxylation is 2. The summed E-state index contributed by atoms with van der Waals surface area (Å²) in [6, 6.07) is 22.7. The predicted octanol–water partition coefficient (Wildman–Crippen LogP) is 8.25. The minimum absolute atomic E-state index is 1.06. The Hall–Kier alpha value is -1.78. The average Bonchev–Trinajstić information content (AvgIpc) is 3.26. The highest BCUT2D eigenvalue weighted by Gasteiger charge is 2.16. The van der Waals surface area contributed by atoms with Crippen molar-refractivity contribution in [3.63, 3.8) is 0 Å². The van der Waals surface area contributed by atoms with E-state index in [2.05, 4.69) is 102 Å². The Morgan fingerprint density at radius 3 is 1.43 bits per heavy atom. The molecule has 2 aromatic heterocycles. The van der Waals surface area contributed by atoms with Crippen LogP contribution in [0.2, 0.25) is 0 Å². The van der Waals surface area contributed by atoms with Gasteiger partial charge >= 0.3 is 0 Å². The molecule has 0 aliphatic rings. The van der Waals surface area contributed by atoms with E-state index in [-0.39, 0.29) is 0 Å². The molecule has 0 saturated carbocycles. The monoisotopic (exact) mass is 524 g/mol. The fourth-order valence-electron chi connectivity index (χ4n) is 4.80. The lowest BCUT2D eigenvalue weighted by Crippen LogP contribution is -2.00. The van der Waals surface area contributed by atoms with E-state index in [9.17, 15) is 0 Å². The number of hydrogen-bond acceptors (Lipinski definition) is 0. The largest absolute Gasteiger partial charge is 0.340 e. The summed E-state index contributed by atoms with van der Waals surface area (Å²) in [6.45, 7) is 2.12. The molecule has 0 atom stereocenters. The second kappa shape index (κ2) is 8.76. The van der Waals surface area contributed by atoms with Crippen molar-refractivity contribution in [1.29, 1.82) is 0 Å². The van der Waals surface area contributed by atoms with E-state index in [1.54, 1.807) is 0 Å². The van der Waals surface area contributed by atoms with Gasteiger partial charge in [-0.1, -0.05) is 68.3 Å². The van der Waals surface area contributed by atoms with Crippen molar-refractivity contribution >= 4 is 75.5 Å². The SMILES string of the molecule is BrCCCCn1c2ccccc2c2cc3c4ccccc4n(CCCCBr)c3cc21. The highest BCUT2D eigenvalue weighted by Crippen LogP contribution is 2.37. The van der Waals surface area contributed by atoms with Crippen LogP contribution in [0, 0.1) is 0 Å². The first-order valence-corrected chi connectivity index (χ1v) is 13.1. The van der Waals surface area contributed by atoms with E-state index in [0.29, 0.717) is 0 Å². The molecule has 0 unspecified atom stereocenters. The van der Waals surface area contributed by atoms with Gasteiger partial charge in [-0.15, -0.1) is 0 Å². The lowest BCUT2D eigenvalue weighted by Gasteiger charge is -2.09. The predicted molar refractivity (Wildman–Crippen MR) is 139 cm³/mol. The van der Waals surface area contributed by atoms with Crippen molar-refractivity contribution in [1.82, 2.24) is 9.13 Å². The van der Waals surface area contributed by atoms with Crippen LogP contribution in [0.15, 0.2) is 60.7 Å². The molecule has 30 heavy (non-hydrogen) atoms. The van der Waals surface area contributed by atoms with E-state index in [0.717, 1.165) is 23.7 Å². The Balaban J connectivity index is 1.79. The van der Waals surface area contributed by atoms with E-state index in [4.69, 9.17) is 0 Å². The van der Waals surface area contributed by atoms with Crippen LogP contribution in [0.25, 0.3) is 43.6 Å². The molecule has 0 fully saturated rings. The number of para-hydroxylation sites is 2. The maximum atomic E-state index is 3.59. The Kier molecular flexibility index (Phi) is 5.88. The number of hydrogen-bond donors (Lipinski definition) is 0. The van der Waals surface area contributed by atoms with Gasteiger partial charge in [0.1, 0.15) is 0 Å². The summed E-state index contributed by atoms with van der Waals surface area (Å²) in [7, 11) is 0. The van der Waals surface area contributed by atoms with Gasteiger partial charge in [-0.3, -0.25) is 0 Å². The zero-order valence-electron chi connectivity index (χ0n) is 17.1. The quantitative estimate of drug-likeness (QED) is 0.142. The minimum Gasteiger partial charge on any atom is -0.340 e. The molecular formula is C26H26Br2N2. The molecule has 0 spiro atoms. The van der Waals surface area contributed by atoms with Crippen molar-refractivity contribution in [3.8, 4) is 0 Å². The van der Waals surface area contributed by atoms with Crippen LogP contribution in [0.4, 0.5) is 0 Å². The van der Waals surface area contributed by atoms with Gasteiger partial charge in [0, 0.05) is 56.3 Å². The first-order valence-electron chi connectivity index (χ1n) is 10.9. The number of nitrogens with zero attached hydrogens (tertiary/aromatic N) is 2. The van der Waals surface area contributed by atoms with Gasteiger partial charge in [0.05, 0.1) is 11.0 Å². The van der Waals surface area contributed by atoms with Crippen LogP contribution < -0.4 is 0 Å². The topological polar surface area (TPSA) is 9.86 Å². The summed E-state index contributed by atoms with van der Waals surface area (Å²) in [5, 5.41) is 7.61. The number of alkyl halides is 2. The van der Waals surface area contributed by atoms with Gasteiger partial charge < -0.3 is 9.13 Å². The van der Waals surface area contributed by atoms with E-state index < -0.39 is 0 Å². The molecule has 0 N–H and O–H groups in total. The van der Waals surface area contributed by atoms with Crippen LogP contribution >= 0.6 is 31.9 Å². The molecule has 3 aromatic carbocycles. The number of rotatable bonds is 8. The molecule has 0 bridgehead atoms. The Morgan fingerprint density at radius 1 is 0.500 bits per heavy atom. The maximum absolute atomic E-state index is 3.59. The second-order valence-corrected chi connectivity index (χ2v) is 9.60. The highest BCUT2D eigenvalue weighted by molar-refractivity contribution is 9.09. The molecule has 0 saturated heterocycles. The Labute approximate surface area is 194 Å². The summed E-state index contributed by atoms with van der Waals surface area (Å²) in [4.78, 5) is 0. The molecule has 0 aliphatic carbocycles. The van der Waals surface area contributed by atoms with Gasteiger partial charge in [0.2, 0.25) is 0 Å². The maximum Gasteiger partial charge on any atom is 0.0512 e. The minimum atomic E-state index is 1.06. The van der Waals surface area contributed by atoms with Gasteiger partial charge in [-0.2, -0.15) is 0 Å². The first kappa shape index (κ1) is 20.1. The number of unbranched alkanes of at least 4 members (excludes halogenated alkanes) is 2. The normalized spacial score (nSPS) is 12.1. The van der Waals surface area contributed by atoms with Crippen LogP contribution in [0.5, 0.6) is 0 Å². The summed E-state index contributed by atoms with van der Waals surface area (Å²) in [6.07, 6.45) is 4.77. The summed E-state index contributed by atoms with van der Waals surface area (Å²) in [5.41, 5.74) is 5.43. The molecule has 154 valence electrons. The third-order valence-corrected chi connectivity index (χ3v) is 7.32.